The first-order valence-corrected chi connectivity index (χ1v) is 11.5. The fraction of sp³-hybridized carbons (Fsp3) is 0.458. The van der Waals surface area contributed by atoms with E-state index in [0.717, 1.165) is 38.2 Å². The zero-order chi connectivity index (χ0) is 23.0. The van der Waals surface area contributed by atoms with Crippen molar-refractivity contribution in [3.05, 3.63) is 63.6 Å². The molecule has 32 heavy (non-hydrogen) atoms. The van der Waals surface area contributed by atoms with Gasteiger partial charge in [0.05, 0.1) is 34.8 Å². The summed E-state index contributed by atoms with van der Waals surface area (Å²) in [7, 11) is 0. The van der Waals surface area contributed by atoms with E-state index in [4.69, 9.17) is 27.9 Å². The van der Waals surface area contributed by atoms with Gasteiger partial charge in [0.2, 0.25) is 5.91 Å². The largest absolute Gasteiger partial charge is 0.392 e. The number of ether oxygens (including phenoxy) is 1. The molecule has 0 heterocycles. The van der Waals surface area contributed by atoms with Gasteiger partial charge in [-0.2, -0.15) is 13.2 Å². The van der Waals surface area contributed by atoms with Crippen LogP contribution in [-0.2, 0) is 9.53 Å². The summed E-state index contributed by atoms with van der Waals surface area (Å²) in [6, 6.07) is 11.1. The third-order valence-electron chi connectivity index (χ3n) is 6.02. The maximum atomic E-state index is 13.6. The van der Waals surface area contributed by atoms with Gasteiger partial charge in [0.25, 0.3) is 0 Å². The lowest BCUT2D eigenvalue weighted by Gasteiger charge is -2.26. The summed E-state index contributed by atoms with van der Waals surface area (Å²) in [5.74, 6) is -3.70. The molecule has 0 radical (unpaired) electrons. The highest BCUT2D eigenvalue weighted by Gasteiger charge is 2.45. The van der Waals surface area contributed by atoms with Gasteiger partial charge >= 0.3 is 6.18 Å². The smallest absolute Gasteiger partial charge is 0.370 e. The SMILES string of the molecule is C[C@H]([C@H](C(=O)Nc1cc(C(OC2CC2)C2CC2)ccc1Cl)c1ccc(Cl)cc1)C(F)(F)F. The molecule has 2 saturated carbocycles. The van der Waals surface area contributed by atoms with Gasteiger partial charge in [-0.15, -0.1) is 0 Å². The minimum Gasteiger partial charge on any atom is -0.370 e. The molecule has 1 amide bonds. The highest BCUT2D eigenvalue weighted by molar-refractivity contribution is 6.33. The lowest BCUT2D eigenvalue weighted by Crippen LogP contribution is -2.34. The van der Waals surface area contributed by atoms with Crippen LogP contribution < -0.4 is 5.32 Å². The van der Waals surface area contributed by atoms with Gasteiger partial charge in [-0.25, -0.2) is 0 Å². The Bertz CT molecular complexity index is 972. The molecular formula is C24H24Cl2F3NO2. The van der Waals surface area contributed by atoms with E-state index in [2.05, 4.69) is 5.32 Å². The minimum absolute atomic E-state index is 0.0865. The van der Waals surface area contributed by atoms with Crippen molar-refractivity contribution in [2.75, 3.05) is 5.32 Å². The van der Waals surface area contributed by atoms with Gasteiger partial charge in [-0.1, -0.05) is 48.3 Å². The van der Waals surface area contributed by atoms with Crippen LogP contribution in [0.15, 0.2) is 42.5 Å². The fourth-order valence-corrected chi connectivity index (χ4v) is 4.12. The molecule has 2 aliphatic rings. The van der Waals surface area contributed by atoms with Gasteiger partial charge in [-0.05, 0) is 67.0 Å². The zero-order valence-electron chi connectivity index (χ0n) is 17.5. The summed E-state index contributed by atoms with van der Waals surface area (Å²) >= 11 is 12.2. The van der Waals surface area contributed by atoms with E-state index in [1.807, 2.05) is 6.07 Å². The van der Waals surface area contributed by atoms with E-state index in [1.165, 1.54) is 24.3 Å². The quantitative estimate of drug-likeness (QED) is 0.419. The molecule has 2 aromatic carbocycles. The molecule has 0 saturated heterocycles. The molecule has 0 aromatic heterocycles. The number of amides is 1. The summed E-state index contributed by atoms with van der Waals surface area (Å²) in [6.07, 6.45) is -0.153. The molecule has 3 atom stereocenters. The number of carbonyl (C=O) groups is 1. The number of halogens is 5. The Hall–Kier alpha value is -1.76. The van der Waals surface area contributed by atoms with Gasteiger partial charge in [0.1, 0.15) is 0 Å². The van der Waals surface area contributed by atoms with Crippen molar-refractivity contribution in [1.82, 2.24) is 0 Å². The van der Waals surface area contributed by atoms with Crippen molar-refractivity contribution in [3.8, 4) is 0 Å². The van der Waals surface area contributed by atoms with Crippen molar-refractivity contribution in [2.45, 2.75) is 56.9 Å². The van der Waals surface area contributed by atoms with Crippen LogP contribution in [0.4, 0.5) is 18.9 Å². The van der Waals surface area contributed by atoms with E-state index in [1.54, 1.807) is 12.1 Å². The van der Waals surface area contributed by atoms with Crippen LogP contribution in [0.3, 0.4) is 0 Å². The van der Waals surface area contributed by atoms with Gasteiger partial charge in [0, 0.05) is 5.02 Å². The average Bonchev–Trinajstić information content (AvgIpc) is 3.63. The number of anilines is 1. The first-order valence-electron chi connectivity index (χ1n) is 10.7. The number of alkyl halides is 3. The van der Waals surface area contributed by atoms with E-state index in [-0.39, 0.29) is 28.5 Å². The molecule has 1 N–H and O–H groups in total. The zero-order valence-corrected chi connectivity index (χ0v) is 19.0. The predicted molar refractivity (Wildman–Crippen MR) is 119 cm³/mol. The van der Waals surface area contributed by atoms with Crippen molar-refractivity contribution >= 4 is 34.8 Å². The molecule has 2 fully saturated rings. The topological polar surface area (TPSA) is 38.3 Å². The second-order valence-corrected chi connectivity index (χ2v) is 9.53. The van der Waals surface area contributed by atoms with Gasteiger partial charge < -0.3 is 10.1 Å². The number of hydrogen-bond acceptors (Lipinski definition) is 2. The molecule has 2 aromatic rings. The maximum Gasteiger partial charge on any atom is 0.392 e. The van der Waals surface area contributed by atoms with Crippen LogP contribution >= 0.6 is 23.2 Å². The minimum atomic E-state index is -4.55. The van der Waals surface area contributed by atoms with Gasteiger partial charge in [-0.3, -0.25) is 4.79 Å². The summed E-state index contributed by atoms with van der Waals surface area (Å²) < 4.78 is 46.9. The number of rotatable bonds is 8. The molecule has 0 bridgehead atoms. The maximum absolute atomic E-state index is 13.6. The van der Waals surface area contributed by atoms with E-state index in [0.29, 0.717) is 10.9 Å². The van der Waals surface area contributed by atoms with Crippen molar-refractivity contribution in [1.29, 1.82) is 0 Å². The monoisotopic (exact) mass is 485 g/mol. The summed E-state index contributed by atoms with van der Waals surface area (Å²) in [5, 5.41) is 3.28. The summed E-state index contributed by atoms with van der Waals surface area (Å²) in [5.41, 5.74) is 1.40. The molecule has 2 aliphatic carbocycles. The van der Waals surface area contributed by atoms with Crippen molar-refractivity contribution < 1.29 is 22.7 Å². The second kappa shape index (κ2) is 9.24. The van der Waals surface area contributed by atoms with E-state index < -0.39 is 23.9 Å². The van der Waals surface area contributed by atoms with Crippen molar-refractivity contribution in [3.63, 3.8) is 0 Å². The van der Waals surface area contributed by atoms with Crippen LogP contribution in [0.5, 0.6) is 0 Å². The van der Waals surface area contributed by atoms with Crippen LogP contribution in [0.2, 0.25) is 10.0 Å². The highest BCUT2D eigenvalue weighted by atomic mass is 35.5. The first kappa shape index (κ1) is 23.4. The lowest BCUT2D eigenvalue weighted by atomic mass is 9.86. The molecule has 0 spiro atoms. The standard InChI is InChI=1S/C24H24Cl2F3NO2/c1-13(24(27,28)29)21(14-4-7-17(25)8-5-14)23(31)30-20-12-16(6-11-19(20)26)22(15-2-3-15)32-18-9-10-18/h4-8,11-13,15,18,21-22H,2-3,9-10H2,1H3,(H,30,31)/t13-,21+,22?/m1/s1. The Kier molecular flexibility index (Phi) is 6.76. The molecule has 8 heteroatoms. The van der Waals surface area contributed by atoms with E-state index >= 15 is 0 Å². The fourth-order valence-electron chi connectivity index (χ4n) is 3.82. The molecular weight excluding hydrogens is 462 g/mol. The number of hydrogen-bond donors (Lipinski definition) is 1. The summed E-state index contributed by atoms with van der Waals surface area (Å²) in [4.78, 5) is 13.1. The average molecular weight is 486 g/mol. The molecule has 1 unspecified atom stereocenters. The van der Waals surface area contributed by atoms with Gasteiger partial charge in [0.15, 0.2) is 0 Å². The molecule has 3 nitrogen and oxygen atoms in total. The van der Waals surface area contributed by atoms with E-state index in [9.17, 15) is 18.0 Å². The predicted octanol–water partition coefficient (Wildman–Crippen LogP) is 7.54. The van der Waals surface area contributed by atoms with Crippen molar-refractivity contribution in [2.24, 2.45) is 11.8 Å². The lowest BCUT2D eigenvalue weighted by molar-refractivity contribution is -0.178. The highest BCUT2D eigenvalue weighted by Crippen LogP contribution is 2.47. The number of benzene rings is 2. The Morgan fingerprint density at radius 1 is 1.03 bits per heavy atom. The Labute approximate surface area is 195 Å². The van der Waals surface area contributed by atoms with Crippen LogP contribution in [-0.4, -0.2) is 18.2 Å². The number of carbonyl (C=O) groups excluding carboxylic acids is 1. The first-order chi connectivity index (χ1) is 15.1. The Morgan fingerprint density at radius 3 is 2.22 bits per heavy atom. The molecule has 172 valence electrons. The van der Waals surface area contributed by atoms with Crippen LogP contribution in [0.25, 0.3) is 0 Å². The summed E-state index contributed by atoms with van der Waals surface area (Å²) in [6.45, 7) is 1.00. The Morgan fingerprint density at radius 2 is 1.66 bits per heavy atom. The third kappa shape index (κ3) is 5.59. The third-order valence-corrected chi connectivity index (χ3v) is 6.60. The molecule has 0 aliphatic heterocycles. The normalized spacial score (nSPS) is 19.3. The number of nitrogens with one attached hydrogen (secondary N) is 1. The van der Waals surface area contributed by atoms with Crippen LogP contribution in [0, 0.1) is 11.8 Å². The Balaban J connectivity index is 1.60. The van der Waals surface area contributed by atoms with Crippen LogP contribution in [0.1, 0.15) is 55.8 Å². The molecule has 4 rings (SSSR count). The second-order valence-electron chi connectivity index (χ2n) is 8.68.